The van der Waals surface area contributed by atoms with Crippen LogP contribution in [0.3, 0.4) is 0 Å². The van der Waals surface area contributed by atoms with Gasteiger partial charge in [0.2, 0.25) is 0 Å². The number of hydrogen-bond donors (Lipinski definition) is 0. The van der Waals surface area contributed by atoms with Gasteiger partial charge < -0.3 is 4.74 Å². The Bertz CT molecular complexity index is 554. The molecular formula is C14H14BrNO2S. The highest BCUT2D eigenvalue weighted by atomic mass is 79.9. The van der Waals surface area contributed by atoms with Crippen LogP contribution in [0.2, 0.25) is 0 Å². The van der Waals surface area contributed by atoms with Crippen molar-refractivity contribution in [3.05, 3.63) is 41.0 Å². The summed E-state index contributed by atoms with van der Waals surface area (Å²) in [5.74, 6) is -0.349. The lowest BCUT2D eigenvalue weighted by molar-refractivity contribution is 0.0521. The maximum atomic E-state index is 12.0. The molecule has 2 rings (SSSR count). The van der Waals surface area contributed by atoms with Gasteiger partial charge in [-0.1, -0.05) is 46.3 Å². The first kappa shape index (κ1) is 14.2. The number of carbonyl (C=O) groups excluding carboxylic acids is 1. The van der Waals surface area contributed by atoms with Crippen LogP contribution < -0.4 is 0 Å². The molecule has 0 saturated carbocycles. The van der Waals surface area contributed by atoms with E-state index in [1.54, 1.807) is 18.3 Å². The topological polar surface area (TPSA) is 39.2 Å². The lowest BCUT2D eigenvalue weighted by atomic mass is 10.1. The largest absolute Gasteiger partial charge is 0.461 e. The fourth-order valence-corrected chi connectivity index (χ4v) is 3.37. The van der Waals surface area contributed by atoms with Gasteiger partial charge in [0, 0.05) is 11.8 Å². The molecule has 5 heteroatoms. The molecule has 0 amide bonds. The zero-order valence-electron chi connectivity index (χ0n) is 10.6. The summed E-state index contributed by atoms with van der Waals surface area (Å²) in [7, 11) is 0. The van der Waals surface area contributed by atoms with E-state index >= 15 is 0 Å². The predicted octanol–water partition coefficient (Wildman–Crippen LogP) is 3.92. The average Bonchev–Trinajstić information content (AvgIpc) is 2.85. The molecule has 0 fully saturated rings. The van der Waals surface area contributed by atoms with E-state index in [2.05, 4.69) is 20.9 Å². The van der Waals surface area contributed by atoms with E-state index in [0.29, 0.717) is 12.3 Å². The van der Waals surface area contributed by atoms with Gasteiger partial charge in [0.25, 0.3) is 0 Å². The van der Waals surface area contributed by atoms with E-state index in [1.807, 2.05) is 30.3 Å². The van der Waals surface area contributed by atoms with Crippen molar-refractivity contribution in [3.8, 4) is 10.4 Å². The summed E-state index contributed by atoms with van der Waals surface area (Å²) < 4.78 is 5.08. The molecule has 0 atom stereocenters. The van der Waals surface area contributed by atoms with Gasteiger partial charge in [-0.25, -0.2) is 9.78 Å². The van der Waals surface area contributed by atoms with Gasteiger partial charge in [-0.05, 0) is 12.5 Å². The molecule has 0 radical (unpaired) electrons. The minimum atomic E-state index is -0.349. The molecule has 1 aromatic carbocycles. The van der Waals surface area contributed by atoms with Crippen molar-refractivity contribution in [3.63, 3.8) is 0 Å². The first-order chi connectivity index (χ1) is 9.26. The van der Waals surface area contributed by atoms with Crippen molar-refractivity contribution >= 4 is 33.2 Å². The van der Waals surface area contributed by atoms with Gasteiger partial charge in [0.05, 0.1) is 16.5 Å². The van der Waals surface area contributed by atoms with Crippen LogP contribution >= 0.6 is 27.3 Å². The predicted molar refractivity (Wildman–Crippen MR) is 81.0 cm³/mol. The Morgan fingerprint density at radius 2 is 2.11 bits per heavy atom. The number of benzene rings is 1. The summed E-state index contributed by atoms with van der Waals surface area (Å²) in [5, 5.41) is 1.77. The Balaban J connectivity index is 2.42. The fourth-order valence-electron chi connectivity index (χ4n) is 1.68. The molecule has 19 heavy (non-hydrogen) atoms. The Kier molecular flexibility index (Phi) is 5.10. The summed E-state index contributed by atoms with van der Waals surface area (Å²) in [6.07, 6.45) is 0.809. The minimum absolute atomic E-state index is 0.349. The Labute approximate surface area is 124 Å². The van der Waals surface area contributed by atoms with Crippen molar-refractivity contribution in [1.29, 1.82) is 0 Å². The van der Waals surface area contributed by atoms with E-state index in [1.165, 1.54) is 0 Å². The number of esters is 1. The molecule has 1 aromatic heterocycles. The third-order valence-corrected chi connectivity index (χ3v) is 4.05. The van der Waals surface area contributed by atoms with Gasteiger partial charge in [-0.15, -0.1) is 11.3 Å². The highest BCUT2D eigenvalue weighted by Gasteiger charge is 2.20. The Morgan fingerprint density at radius 3 is 2.74 bits per heavy atom. The maximum Gasteiger partial charge on any atom is 0.358 e. The maximum absolute atomic E-state index is 12.0. The average molecular weight is 340 g/mol. The van der Waals surface area contributed by atoms with Gasteiger partial charge in [-0.3, -0.25) is 0 Å². The van der Waals surface area contributed by atoms with E-state index in [4.69, 9.17) is 4.74 Å². The lowest BCUT2D eigenvalue weighted by Crippen LogP contribution is -2.06. The standard InChI is InChI=1S/C14H14BrNO2S/c1-2-18-14(17)12-13(10-6-4-3-5-7-10)19-11(16-12)8-9-15/h3-7H,2,8-9H2,1H3. The number of nitrogens with zero attached hydrogens (tertiary/aromatic N) is 1. The number of thiazole rings is 1. The molecular weight excluding hydrogens is 326 g/mol. The summed E-state index contributed by atoms with van der Waals surface area (Å²) in [6, 6.07) is 9.82. The van der Waals surface area contributed by atoms with Crippen molar-refractivity contribution in [2.45, 2.75) is 13.3 Å². The molecule has 0 unspecified atom stereocenters. The number of alkyl halides is 1. The van der Waals surface area contributed by atoms with E-state index < -0.39 is 0 Å². The molecule has 1 heterocycles. The SMILES string of the molecule is CCOC(=O)c1nc(CCBr)sc1-c1ccccc1. The van der Waals surface area contributed by atoms with Crippen molar-refractivity contribution < 1.29 is 9.53 Å². The number of ether oxygens (including phenoxy) is 1. The Morgan fingerprint density at radius 1 is 1.37 bits per heavy atom. The molecule has 2 aromatic rings. The van der Waals surface area contributed by atoms with Gasteiger partial charge in [0.15, 0.2) is 5.69 Å². The van der Waals surface area contributed by atoms with Crippen molar-refractivity contribution in [2.24, 2.45) is 0 Å². The van der Waals surface area contributed by atoms with E-state index in [0.717, 1.165) is 27.2 Å². The highest BCUT2D eigenvalue weighted by molar-refractivity contribution is 9.09. The normalized spacial score (nSPS) is 10.4. The zero-order chi connectivity index (χ0) is 13.7. The van der Waals surface area contributed by atoms with Gasteiger partial charge in [0.1, 0.15) is 0 Å². The van der Waals surface area contributed by atoms with Gasteiger partial charge in [-0.2, -0.15) is 0 Å². The van der Waals surface area contributed by atoms with Gasteiger partial charge >= 0.3 is 5.97 Å². The molecule has 100 valence electrons. The molecule has 0 aliphatic rings. The van der Waals surface area contributed by atoms with Crippen LogP contribution in [0.4, 0.5) is 0 Å². The first-order valence-corrected chi connectivity index (χ1v) is 7.98. The summed E-state index contributed by atoms with van der Waals surface area (Å²) in [4.78, 5) is 17.3. The number of rotatable bonds is 5. The third-order valence-electron chi connectivity index (χ3n) is 2.48. The van der Waals surface area contributed by atoms with Crippen LogP contribution in [0, 0.1) is 0 Å². The molecule has 0 aliphatic carbocycles. The highest BCUT2D eigenvalue weighted by Crippen LogP contribution is 2.31. The van der Waals surface area contributed by atoms with Crippen LogP contribution in [-0.4, -0.2) is 22.9 Å². The molecule has 3 nitrogen and oxygen atoms in total. The van der Waals surface area contributed by atoms with Crippen LogP contribution in [0.1, 0.15) is 22.4 Å². The quantitative estimate of drug-likeness (QED) is 0.612. The lowest BCUT2D eigenvalue weighted by Gasteiger charge is -2.01. The second-order valence-corrected chi connectivity index (χ2v) is 5.69. The number of carbonyl (C=O) groups is 1. The first-order valence-electron chi connectivity index (χ1n) is 6.04. The monoisotopic (exact) mass is 339 g/mol. The number of aromatic nitrogens is 1. The fraction of sp³-hybridized carbons (Fsp3) is 0.286. The number of hydrogen-bond acceptors (Lipinski definition) is 4. The van der Waals surface area contributed by atoms with E-state index in [9.17, 15) is 4.79 Å². The Hall–Kier alpha value is -1.20. The summed E-state index contributed by atoms with van der Waals surface area (Å²) in [5.41, 5.74) is 1.43. The number of halogens is 1. The second kappa shape index (κ2) is 6.82. The smallest absolute Gasteiger partial charge is 0.358 e. The molecule has 0 aliphatic heterocycles. The molecule has 0 spiro atoms. The molecule has 0 N–H and O–H groups in total. The molecule has 0 saturated heterocycles. The summed E-state index contributed by atoms with van der Waals surface area (Å²) in [6.45, 7) is 2.16. The minimum Gasteiger partial charge on any atom is -0.461 e. The van der Waals surface area contributed by atoms with Crippen LogP contribution in [0.25, 0.3) is 10.4 Å². The van der Waals surface area contributed by atoms with E-state index in [-0.39, 0.29) is 5.97 Å². The molecule has 0 bridgehead atoms. The number of aryl methyl sites for hydroxylation is 1. The third kappa shape index (κ3) is 3.42. The summed E-state index contributed by atoms with van der Waals surface area (Å²) >= 11 is 4.94. The second-order valence-electron chi connectivity index (χ2n) is 3.81. The zero-order valence-corrected chi connectivity index (χ0v) is 13.0. The van der Waals surface area contributed by atoms with Crippen LogP contribution in [0.5, 0.6) is 0 Å². The van der Waals surface area contributed by atoms with Crippen molar-refractivity contribution in [1.82, 2.24) is 4.98 Å². The van der Waals surface area contributed by atoms with Crippen LogP contribution in [-0.2, 0) is 11.2 Å². The van der Waals surface area contributed by atoms with Crippen molar-refractivity contribution in [2.75, 3.05) is 11.9 Å². The van der Waals surface area contributed by atoms with Crippen LogP contribution in [0.15, 0.2) is 30.3 Å².